The Labute approximate surface area is 195 Å². The topological polar surface area (TPSA) is 96.8 Å². The first-order chi connectivity index (χ1) is 16.2. The predicted octanol–water partition coefficient (Wildman–Crippen LogP) is 3.56. The summed E-state index contributed by atoms with van der Waals surface area (Å²) < 4.78 is 25.1. The number of rotatable bonds is 1. The molecule has 2 bridgehead atoms. The van der Waals surface area contributed by atoms with Crippen LogP contribution in [0.15, 0.2) is 23.1 Å². The molecule has 34 heavy (non-hydrogen) atoms. The van der Waals surface area contributed by atoms with Gasteiger partial charge in [-0.25, -0.2) is 9.07 Å². The lowest BCUT2D eigenvalue weighted by molar-refractivity contribution is 0.148. The molecule has 0 saturated heterocycles. The number of aromatic nitrogens is 6. The van der Waals surface area contributed by atoms with Crippen molar-refractivity contribution in [1.82, 2.24) is 34.7 Å². The Balaban J connectivity index is 1.78. The van der Waals surface area contributed by atoms with E-state index < -0.39 is 0 Å². The molecule has 0 radical (unpaired) electrons. The fraction of sp³-hybridized carbons (Fsp3) is 0.375. The Morgan fingerprint density at radius 3 is 2.74 bits per heavy atom. The Bertz CT molecular complexity index is 1460. The van der Waals surface area contributed by atoms with Gasteiger partial charge in [-0.05, 0) is 46.0 Å². The number of aromatic amines is 2. The molecule has 3 aromatic heterocycles. The summed E-state index contributed by atoms with van der Waals surface area (Å²) in [6.45, 7) is 7.05. The zero-order valence-electron chi connectivity index (χ0n) is 19.9. The van der Waals surface area contributed by atoms with Crippen molar-refractivity contribution in [2.24, 2.45) is 7.05 Å². The number of hydrogen-bond donors (Lipinski definition) is 2. The summed E-state index contributed by atoms with van der Waals surface area (Å²) in [5, 5.41) is 15.5. The fourth-order valence-corrected chi connectivity index (χ4v) is 4.52. The maximum atomic E-state index is 15.5. The highest BCUT2D eigenvalue weighted by Gasteiger charge is 2.23. The molecule has 9 nitrogen and oxygen atoms in total. The molecular formula is C24H28FN7O2. The number of nitrogens with zero attached hydrogens (tertiary/aromatic N) is 5. The lowest BCUT2D eigenvalue weighted by Crippen LogP contribution is -2.31. The number of halogens is 1. The lowest BCUT2D eigenvalue weighted by atomic mass is 10.0. The highest BCUT2D eigenvalue weighted by molar-refractivity contribution is 5.93. The van der Waals surface area contributed by atoms with Gasteiger partial charge in [-0.2, -0.15) is 10.2 Å². The Morgan fingerprint density at radius 2 is 1.97 bits per heavy atom. The maximum absolute atomic E-state index is 15.5. The van der Waals surface area contributed by atoms with E-state index in [1.54, 1.807) is 34.8 Å². The van der Waals surface area contributed by atoms with E-state index in [9.17, 15) is 4.79 Å². The van der Waals surface area contributed by atoms with Gasteiger partial charge in [0.25, 0.3) is 5.56 Å². The summed E-state index contributed by atoms with van der Waals surface area (Å²) in [5.74, 6) is 0.124. The van der Waals surface area contributed by atoms with Gasteiger partial charge < -0.3 is 9.84 Å². The molecule has 0 saturated carbocycles. The summed E-state index contributed by atoms with van der Waals surface area (Å²) in [6.07, 6.45) is 5.00. The van der Waals surface area contributed by atoms with Crippen molar-refractivity contribution in [2.45, 2.75) is 39.5 Å². The van der Waals surface area contributed by atoms with Gasteiger partial charge in [-0.1, -0.05) is 0 Å². The number of nitrogens with one attached hydrogen (secondary N) is 2. The first-order valence-electron chi connectivity index (χ1n) is 11.3. The van der Waals surface area contributed by atoms with Crippen LogP contribution in [-0.2, 0) is 13.6 Å². The Morgan fingerprint density at radius 1 is 1.18 bits per heavy atom. The SMILES string of the molecule is CC1CN(C)Cc2[nH][nH]c(=O)c2/C=C/c2nn(C(C)C)c3cc(F)c(cc23)-c2cnn(C)c2O1. The Kier molecular flexibility index (Phi) is 5.40. The van der Waals surface area contributed by atoms with Gasteiger partial charge in [0.05, 0.1) is 34.2 Å². The van der Waals surface area contributed by atoms with Gasteiger partial charge in [0.15, 0.2) is 0 Å². The third kappa shape index (κ3) is 3.73. The van der Waals surface area contributed by atoms with E-state index in [1.165, 1.54) is 6.07 Å². The van der Waals surface area contributed by atoms with Crippen LogP contribution in [0.5, 0.6) is 5.88 Å². The summed E-state index contributed by atoms with van der Waals surface area (Å²) in [6, 6.07) is 3.33. The third-order valence-corrected chi connectivity index (χ3v) is 6.10. The summed E-state index contributed by atoms with van der Waals surface area (Å²) >= 11 is 0. The first kappa shape index (κ1) is 22.1. The van der Waals surface area contributed by atoms with Crippen molar-refractivity contribution in [3.8, 4) is 17.0 Å². The van der Waals surface area contributed by atoms with Crippen molar-refractivity contribution in [3.05, 3.63) is 51.5 Å². The van der Waals surface area contributed by atoms with Crippen molar-refractivity contribution < 1.29 is 9.13 Å². The highest BCUT2D eigenvalue weighted by Crippen LogP contribution is 2.36. The number of aryl methyl sites for hydroxylation is 1. The predicted molar refractivity (Wildman–Crippen MR) is 129 cm³/mol. The smallest absolute Gasteiger partial charge is 0.271 e. The van der Waals surface area contributed by atoms with E-state index in [1.807, 2.05) is 33.9 Å². The van der Waals surface area contributed by atoms with Crippen LogP contribution < -0.4 is 10.3 Å². The molecule has 1 atom stereocenters. The van der Waals surface area contributed by atoms with E-state index in [4.69, 9.17) is 9.84 Å². The zero-order valence-corrected chi connectivity index (χ0v) is 19.9. The molecule has 1 aliphatic rings. The van der Waals surface area contributed by atoms with Crippen LogP contribution in [0.3, 0.4) is 0 Å². The van der Waals surface area contributed by atoms with E-state index in [0.29, 0.717) is 46.9 Å². The molecule has 0 fully saturated rings. The number of likely N-dealkylation sites (N-methyl/N-ethyl adjacent to an activating group) is 1. The van der Waals surface area contributed by atoms with Crippen LogP contribution in [-0.4, -0.2) is 54.4 Å². The molecule has 4 heterocycles. The van der Waals surface area contributed by atoms with Gasteiger partial charge in [-0.3, -0.25) is 19.5 Å². The lowest BCUT2D eigenvalue weighted by Gasteiger charge is -2.22. The number of benzene rings is 1. The van der Waals surface area contributed by atoms with Crippen molar-refractivity contribution >= 4 is 23.1 Å². The minimum absolute atomic E-state index is 0.0264. The molecule has 5 rings (SSSR count). The highest BCUT2D eigenvalue weighted by atomic mass is 19.1. The number of ether oxygens (including phenoxy) is 1. The van der Waals surface area contributed by atoms with Gasteiger partial charge >= 0.3 is 0 Å². The average molecular weight is 466 g/mol. The fourth-order valence-electron chi connectivity index (χ4n) is 4.52. The molecule has 0 amide bonds. The number of fused-ring (bicyclic) bond motifs is 4. The van der Waals surface area contributed by atoms with Crippen molar-refractivity contribution in [2.75, 3.05) is 13.6 Å². The molecule has 0 aliphatic carbocycles. The third-order valence-electron chi connectivity index (χ3n) is 6.10. The van der Waals surface area contributed by atoms with Crippen LogP contribution in [0, 0.1) is 5.82 Å². The van der Waals surface area contributed by atoms with Gasteiger partial charge in [-0.15, -0.1) is 0 Å². The molecule has 10 heteroatoms. The molecule has 4 aromatic rings. The van der Waals surface area contributed by atoms with Crippen molar-refractivity contribution in [1.29, 1.82) is 0 Å². The van der Waals surface area contributed by atoms with Gasteiger partial charge in [0.1, 0.15) is 11.9 Å². The summed E-state index contributed by atoms with van der Waals surface area (Å²) in [4.78, 5) is 14.6. The molecule has 1 aromatic carbocycles. The molecule has 1 unspecified atom stereocenters. The average Bonchev–Trinajstić information content (AvgIpc) is 3.41. The molecular weight excluding hydrogens is 437 g/mol. The van der Waals surface area contributed by atoms with E-state index in [2.05, 4.69) is 20.2 Å². The van der Waals surface area contributed by atoms with Crippen LogP contribution in [0.2, 0.25) is 0 Å². The second kappa shape index (κ2) is 8.28. The second-order valence-corrected chi connectivity index (χ2v) is 9.19. The first-order valence-corrected chi connectivity index (χ1v) is 11.3. The van der Waals surface area contributed by atoms with E-state index in [0.717, 1.165) is 11.1 Å². The van der Waals surface area contributed by atoms with E-state index >= 15 is 4.39 Å². The molecule has 0 spiro atoms. The number of hydrogen-bond acceptors (Lipinski definition) is 5. The van der Waals surface area contributed by atoms with Crippen LogP contribution >= 0.6 is 0 Å². The summed E-state index contributed by atoms with van der Waals surface area (Å²) in [7, 11) is 3.74. The van der Waals surface area contributed by atoms with Crippen LogP contribution in [0.25, 0.3) is 34.2 Å². The van der Waals surface area contributed by atoms with Crippen LogP contribution in [0.1, 0.15) is 43.8 Å². The van der Waals surface area contributed by atoms with E-state index in [-0.39, 0.29) is 23.5 Å². The normalized spacial score (nSPS) is 17.9. The quantitative estimate of drug-likeness (QED) is 0.448. The van der Waals surface area contributed by atoms with Gasteiger partial charge in [0.2, 0.25) is 5.88 Å². The monoisotopic (exact) mass is 465 g/mol. The Hall–Kier alpha value is -3.66. The van der Waals surface area contributed by atoms with Crippen molar-refractivity contribution in [3.63, 3.8) is 0 Å². The molecule has 1 aliphatic heterocycles. The van der Waals surface area contributed by atoms with Crippen LogP contribution in [0.4, 0.5) is 4.39 Å². The number of H-pyrrole nitrogens is 2. The minimum Gasteiger partial charge on any atom is -0.473 e. The summed E-state index contributed by atoms with van der Waals surface area (Å²) in [5.41, 5.74) is 3.42. The largest absolute Gasteiger partial charge is 0.473 e. The van der Waals surface area contributed by atoms with Gasteiger partial charge in [0, 0.05) is 43.2 Å². The maximum Gasteiger partial charge on any atom is 0.271 e. The second-order valence-electron chi connectivity index (χ2n) is 9.19. The molecule has 2 N–H and O–H groups in total. The zero-order chi connectivity index (χ0) is 24.1. The minimum atomic E-state index is -0.374. The standard InChI is InChI=1S/C24H28FN7O2/c1-13(2)32-22-9-19(25)16-8-17(22)20(29-32)7-6-15-21(27-28-23(15)33)12-30(4)11-14(3)34-24-18(16)10-26-31(24)5/h6-10,13-14H,11-12H2,1-5H3,(H2,27,28,33)/b7-6+. The molecule has 178 valence electrons.